The molecule has 1 saturated heterocycles. The van der Waals surface area contributed by atoms with E-state index in [2.05, 4.69) is 55.7 Å². The van der Waals surface area contributed by atoms with E-state index in [1.54, 1.807) is 0 Å². The van der Waals surface area contributed by atoms with Gasteiger partial charge < -0.3 is 14.7 Å². The third-order valence-electron chi connectivity index (χ3n) is 5.90. The molecule has 0 aromatic heterocycles. The van der Waals surface area contributed by atoms with Crippen LogP contribution in [0.3, 0.4) is 0 Å². The van der Waals surface area contributed by atoms with Crippen molar-refractivity contribution in [2.45, 2.75) is 40.5 Å². The fourth-order valence-electron chi connectivity index (χ4n) is 3.84. The Balaban J connectivity index is 1.53. The van der Waals surface area contributed by atoms with Gasteiger partial charge in [-0.15, -0.1) is 0 Å². The number of aryl methyl sites for hydroxylation is 2. The van der Waals surface area contributed by atoms with Crippen LogP contribution in [0.15, 0.2) is 30.3 Å². The summed E-state index contributed by atoms with van der Waals surface area (Å²) in [5, 5.41) is 9.99. The quantitative estimate of drug-likeness (QED) is 0.789. The average molecular weight is 383 g/mol. The van der Waals surface area contributed by atoms with Crippen LogP contribution >= 0.6 is 0 Å². The van der Waals surface area contributed by atoms with Crippen LogP contribution in [0.2, 0.25) is 0 Å². The van der Waals surface area contributed by atoms with E-state index in [-0.39, 0.29) is 0 Å². The van der Waals surface area contributed by atoms with Crippen molar-refractivity contribution in [2.24, 2.45) is 0 Å². The molecule has 0 bridgehead atoms. The van der Waals surface area contributed by atoms with Crippen molar-refractivity contribution in [1.29, 1.82) is 0 Å². The molecule has 1 aliphatic rings. The first-order valence-electron chi connectivity index (χ1n) is 10.4. The lowest BCUT2D eigenvalue weighted by Crippen LogP contribution is -2.47. The largest absolute Gasteiger partial charge is 0.508 e. The topological polar surface area (TPSA) is 35.9 Å². The second-order valence-corrected chi connectivity index (χ2v) is 8.23. The van der Waals surface area contributed by atoms with Gasteiger partial charge in [-0.3, -0.25) is 4.90 Å². The summed E-state index contributed by atoms with van der Waals surface area (Å²) in [4.78, 5) is 4.98. The van der Waals surface area contributed by atoms with E-state index in [0.717, 1.165) is 49.6 Å². The lowest BCUT2D eigenvalue weighted by molar-refractivity contribution is 0.199. The summed E-state index contributed by atoms with van der Waals surface area (Å²) in [6.07, 6.45) is 0. The van der Waals surface area contributed by atoms with E-state index in [0.29, 0.717) is 18.3 Å². The van der Waals surface area contributed by atoms with Crippen LogP contribution < -0.4 is 9.64 Å². The number of ether oxygens (including phenoxy) is 1. The van der Waals surface area contributed by atoms with Crippen LogP contribution in [0.5, 0.6) is 11.5 Å². The molecule has 152 valence electrons. The van der Waals surface area contributed by atoms with Gasteiger partial charge in [-0.25, -0.2) is 0 Å². The number of piperazine rings is 1. The summed E-state index contributed by atoms with van der Waals surface area (Å²) in [6.45, 7) is 16.4. The zero-order valence-electron chi connectivity index (χ0n) is 18.0. The van der Waals surface area contributed by atoms with Gasteiger partial charge in [-0.2, -0.15) is 0 Å². The molecule has 0 radical (unpaired) electrons. The van der Waals surface area contributed by atoms with Crippen LogP contribution in [-0.2, 0) is 0 Å². The lowest BCUT2D eigenvalue weighted by atomic mass is 10.00. The number of hydrogen-bond donors (Lipinski definition) is 1. The van der Waals surface area contributed by atoms with Crippen molar-refractivity contribution in [1.82, 2.24) is 4.90 Å². The van der Waals surface area contributed by atoms with Gasteiger partial charge >= 0.3 is 0 Å². The number of nitrogens with zero attached hydrogens (tertiary/aromatic N) is 2. The maximum Gasteiger partial charge on any atom is 0.123 e. The van der Waals surface area contributed by atoms with Crippen molar-refractivity contribution in [2.75, 3.05) is 44.2 Å². The first kappa shape index (κ1) is 20.5. The third kappa shape index (κ3) is 4.61. The van der Waals surface area contributed by atoms with Crippen LogP contribution in [0.25, 0.3) is 0 Å². The molecule has 3 rings (SSSR count). The Morgan fingerprint density at radius 3 is 2.39 bits per heavy atom. The summed E-state index contributed by atoms with van der Waals surface area (Å²) in [5.41, 5.74) is 6.06. The molecule has 28 heavy (non-hydrogen) atoms. The van der Waals surface area contributed by atoms with Gasteiger partial charge in [0.2, 0.25) is 0 Å². The van der Waals surface area contributed by atoms with Gasteiger partial charge in [-0.1, -0.05) is 26.0 Å². The molecule has 1 aliphatic heterocycles. The molecule has 0 saturated carbocycles. The van der Waals surface area contributed by atoms with Gasteiger partial charge in [0, 0.05) is 44.0 Å². The molecule has 4 heteroatoms. The summed E-state index contributed by atoms with van der Waals surface area (Å²) >= 11 is 0. The number of benzene rings is 2. The zero-order chi connectivity index (χ0) is 20.3. The third-order valence-corrected chi connectivity index (χ3v) is 5.90. The van der Waals surface area contributed by atoms with E-state index >= 15 is 0 Å². The number of phenolic OH excluding ortho intramolecular Hbond substituents is 1. The molecule has 0 unspecified atom stereocenters. The minimum atomic E-state index is 0.322. The standard InChI is InChI=1S/C24H34N2O2/c1-17(2)21-16-23(27)19(4)15-24(21)28-14-13-25-9-11-26(12-10-25)22-8-6-7-18(3)20(22)5/h6-8,15-17,27H,9-14H2,1-5H3. The maximum atomic E-state index is 9.99. The number of aromatic hydroxyl groups is 1. The summed E-state index contributed by atoms with van der Waals surface area (Å²) in [6, 6.07) is 10.4. The molecule has 1 fully saturated rings. The summed E-state index contributed by atoms with van der Waals surface area (Å²) < 4.78 is 6.12. The molecule has 0 atom stereocenters. The van der Waals surface area contributed by atoms with Gasteiger partial charge in [0.05, 0.1) is 0 Å². The van der Waals surface area contributed by atoms with Crippen LogP contribution in [0.4, 0.5) is 5.69 Å². The van der Waals surface area contributed by atoms with E-state index in [4.69, 9.17) is 4.74 Å². The smallest absolute Gasteiger partial charge is 0.123 e. The highest BCUT2D eigenvalue weighted by Gasteiger charge is 2.19. The van der Waals surface area contributed by atoms with Gasteiger partial charge in [-0.05, 0) is 61.6 Å². The maximum absolute atomic E-state index is 9.99. The van der Waals surface area contributed by atoms with Crippen LogP contribution in [-0.4, -0.2) is 49.3 Å². The predicted octanol–water partition coefficient (Wildman–Crippen LogP) is 4.64. The van der Waals surface area contributed by atoms with Crippen molar-refractivity contribution in [3.8, 4) is 11.5 Å². The Morgan fingerprint density at radius 1 is 1.00 bits per heavy atom. The second-order valence-electron chi connectivity index (χ2n) is 8.23. The van der Waals surface area contributed by atoms with Gasteiger partial charge in [0.15, 0.2) is 0 Å². The van der Waals surface area contributed by atoms with Crippen molar-refractivity contribution < 1.29 is 9.84 Å². The minimum Gasteiger partial charge on any atom is -0.508 e. The molecule has 1 N–H and O–H groups in total. The molecular weight excluding hydrogens is 348 g/mol. The number of phenols is 1. The number of anilines is 1. The molecule has 4 nitrogen and oxygen atoms in total. The Labute approximate surface area is 169 Å². The molecule has 0 aliphatic carbocycles. The zero-order valence-corrected chi connectivity index (χ0v) is 18.0. The van der Waals surface area contributed by atoms with Crippen molar-refractivity contribution in [3.05, 3.63) is 52.6 Å². The van der Waals surface area contributed by atoms with E-state index in [9.17, 15) is 5.11 Å². The SMILES string of the molecule is Cc1cc(OCCN2CCN(c3cccc(C)c3C)CC2)c(C(C)C)cc1O. The van der Waals surface area contributed by atoms with Crippen molar-refractivity contribution in [3.63, 3.8) is 0 Å². The van der Waals surface area contributed by atoms with Gasteiger partial charge in [0.1, 0.15) is 18.1 Å². The molecule has 0 spiro atoms. The number of rotatable bonds is 6. The Hall–Kier alpha value is -2.20. The van der Waals surface area contributed by atoms with Crippen LogP contribution in [0.1, 0.15) is 42.0 Å². The Bertz CT molecular complexity index is 808. The molecule has 2 aromatic rings. The van der Waals surface area contributed by atoms with E-state index < -0.39 is 0 Å². The molecule has 1 heterocycles. The molecular formula is C24H34N2O2. The highest BCUT2D eigenvalue weighted by atomic mass is 16.5. The summed E-state index contributed by atoms with van der Waals surface area (Å²) in [5.74, 6) is 1.57. The fourth-order valence-corrected chi connectivity index (χ4v) is 3.84. The van der Waals surface area contributed by atoms with Crippen LogP contribution in [0, 0.1) is 20.8 Å². The molecule has 0 amide bonds. The van der Waals surface area contributed by atoms with E-state index in [1.165, 1.54) is 16.8 Å². The Morgan fingerprint density at radius 2 is 1.71 bits per heavy atom. The lowest BCUT2D eigenvalue weighted by Gasteiger charge is -2.37. The fraction of sp³-hybridized carbons (Fsp3) is 0.500. The van der Waals surface area contributed by atoms with Crippen molar-refractivity contribution >= 4 is 5.69 Å². The van der Waals surface area contributed by atoms with Gasteiger partial charge in [0.25, 0.3) is 0 Å². The molecule has 2 aromatic carbocycles. The normalized spacial score (nSPS) is 15.3. The van der Waals surface area contributed by atoms with E-state index in [1.807, 2.05) is 19.1 Å². The minimum absolute atomic E-state index is 0.322. The monoisotopic (exact) mass is 382 g/mol. The predicted molar refractivity (Wildman–Crippen MR) is 117 cm³/mol. The number of hydrogen-bond acceptors (Lipinski definition) is 4. The highest BCUT2D eigenvalue weighted by Crippen LogP contribution is 2.32. The average Bonchev–Trinajstić information content (AvgIpc) is 2.67. The summed E-state index contributed by atoms with van der Waals surface area (Å²) in [7, 11) is 0. The Kier molecular flexibility index (Phi) is 6.50. The first-order valence-corrected chi connectivity index (χ1v) is 10.4. The second kappa shape index (κ2) is 8.87. The first-order chi connectivity index (χ1) is 13.4. The highest BCUT2D eigenvalue weighted by molar-refractivity contribution is 5.56.